The summed E-state index contributed by atoms with van der Waals surface area (Å²) in [7, 11) is 0. The smallest absolute Gasteiger partial charge is 0.277 e. The first-order valence-corrected chi connectivity index (χ1v) is 8.96. The average molecular weight is 371 g/mol. The van der Waals surface area contributed by atoms with Crippen LogP contribution in [0.4, 0.5) is 5.82 Å². The van der Waals surface area contributed by atoms with E-state index in [9.17, 15) is 4.79 Å². The number of aromatic nitrogens is 4. The van der Waals surface area contributed by atoms with Crippen molar-refractivity contribution in [2.75, 3.05) is 18.4 Å². The number of hydrogen-bond acceptors (Lipinski definition) is 4. The van der Waals surface area contributed by atoms with Crippen molar-refractivity contribution in [2.45, 2.75) is 18.9 Å². The number of benzene rings is 1. The summed E-state index contributed by atoms with van der Waals surface area (Å²) in [6.07, 6.45) is 5.79. The topological polar surface area (TPSA) is 76.8 Å². The first-order valence-electron chi connectivity index (χ1n) is 8.58. The number of carbonyl (C=O) groups is 1. The zero-order chi connectivity index (χ0) is 17.9. The average Bonchev–Trinajstić information content (AvgIpc) is 3.33. The number of halogens is 1. The Kier molecular flexibility index (Phi) is 4.73. The van der Waals surface area contributed by atoms with E-state index in [-0.39, 0.29) is 5.91 Å². The number of carbonyl (C=O) groups excluding carboxylic acids is 1. The van der Waals surface area contributed by atoms with E-state index in [4.69, 9.17) is 11.6 Å². The molecule has 1 fully saturated rings. The fourth-order valence-electron chi connectivity index (χ4n) is 3.06. The third kappa shape index (κ3) is 3.49. The van der Waals surface area contributed by atoms with Gasteiger partial charge in [0.25, 0.3) is 5.91 Å². The number of rotatable bonds is 4. The summed E-state index contributed by atoms with van der Waals surface area (Å²) in [4.78, 5) is 12.4. The molecule has 7 nitrogen and oxygen atoms in total. The van der Waals surface area contributed by atoms with E-state index >= 15 is 0 Å². The van der Waals surface area contributed by atoms with E-state index in [1.54, 1.807) is 29.1 Å². The van der Waals surface area contributed by atoms with E-state index in [1.165, 1.54) is 0 Å². The van der Waals surface area contributed by atoms with Gasteiger partial charge in [0, 0.05) is 25.0 Å². The molecule has 1 aromatic carbocycles. The summed E-state index contributed by atoms with van der Waals surface area (Å²) in [5.74, 6) is 0.167. The van der Waals surface area contributed by atoms with Gasteiger partial charge < -0.3 is 10.6 Å². The van der Waals surface area contributed by atoms with Crippen LogP contribution in [0.15, 0.2) is 48.8 Å². The number of nitrogens with one attached hydrogen (secondary N) is 2. The molecule has 3 heterocycles. The Morgan fingerprint density at radius 3 is 2.88 bits per heavy atom. The third-order valence-electron chi connectivity index (χ3n) is 4.42. The SMILES string of the molecule is O=C(Nc1ccn(-c2ccccc2Cl)n1)c1ccn(C2CCCNC2)n1. The maximum Gasteiger partial charge on any atom is 0.277 e. The Bertz CT molecular complexity index is 912. The Labute approximate surface area is 156 Å². The first kappa shape index (κ1) is 16.8. The van der Waals surface area contributed by atoms with Crippen molar-refractivity contribution in [1.82, 2.24) is 24.9 Å². The molecule has 2 aromatic heterocycles. The molecule has 1 aliphatic heterocycles. The minimum atomic E-state index is -0.281. The van der Waals surface area contributed by atoms with E-state index < -0.39 is 0 Å². The van der Waals surface area contributed by atoms with Gasteiger partial charge in [0.1, 0.15) is 0 Å². The molecule has 134 valence electrons. The molecular formula is C18H19ClN6O. The molecule has 0 aliphatic carbocycles. The van der Waals surface area contributed by atoms with Crippen molar-refractivity contribution >= 4 is 23.3 Å². The molecule has 0 saturated carbocycles. The third-order valence-corrected chi connectivity index (χ3v) is 4.74. The Morgan fingerprint density at radius 2 is 2.08 bits per heavy atom. The van der Waals surface area contributed by atoms with Crippen molar-refractivity contribution < 1.29 is 4.79 Å². The number of piperidine rings is 1. The van der Waals surface area contributed by atoms with Crippen LogP contribution in [0, 0.1) is 0 Å². The molecule has 4 rings (SSSR count). The van der Waals surface area contributed by atoms with Gasteiger partial charge in [-0.2, -0.15) is 5.10 Å². The van der Waals surface area contributed by atoms with Crippen LogP contribution in [0.25, 0.3) is 5.69 Å². The lowest BCUT2D eigenvalue weighted by atomic mass is 10.1. The summed E-state index contributed by atoms with van der Waals surface area (Å²) >= 11 is 6.18. The monoisotopic (exact) mass is 370 g/mol. The zero-order valence-electron chi connectivity index (χ0n) is 14.1. The van der Waals surface area contributed by atoms with Crippen molar-refractivity contribution in [3.8, 4) is 5.69 Å². The van der Waals surface area contributed by atoms with Gasteiger partial charge in [-0.05, 0) is 37.6 Å². The number of anilines is 1. The van der Waals surface area contributed by atoms with Gasteiger partial charge in [0.2, 0.25) is 0 Å². The number of hydrogen-bond donors (Lipinski definition) is 2. The van der Waals surface area contributed by atoms with Crippen LogP contribution < -0.4 is 10.6 Å². The summed E-state index contributed by atoms with van der Waals surface area (Å²) < 4.78 is 3.49. The van der Waals surface area contributed by atoms with Gasteiger partial charge in [0.05, 0.1) is 16.8 Å². The maximum absolute atomic E-state index is 12.4. The maximum atomic E-state index is 12.4. The summed E-state index contributed by atoms with van der Waals surface area (Å²) in [5.41, 5.74) is 1.13. The lowest BCUT2D eigenvalue weighted by molar-refractivity contribution is 0.102. The molecule has 8 heteroatoms. The van der Waals surface area contributed by atoms with E-state index in [0.717, 1.165) is 31.6 Å². The van der Waals surface area contributed by atoms with Gasteiger partial charge in [-0.1, -0.05) is 23.7 Å². The molecule has 1 aliphatic rings. The number of amides is 1. The Morgan fingerprint density at radius 1 is 1.19 bits per heavy atom. The molecule has 1 atom stereocenters. The molecule has 1 unspecified atom stereocenters. The fraction of sp³-hybridized carbons (Fsp3) is 0.278. The lowest BCUT2D eigenvalue weighted by Crippen LogP contribution is -2.32. The standard InChI is InChI=1S/C18H19ClN6O/c19-14-5-1-2-6-16(14)25-11-8-17(23-25)21-18(26)15-7-10-24(22-15)13-4-3-9-20-12-13/h1-2,5-8,10-11,13,20H,3-4,9,12H2,(H,21,23,26). The lowest BCUT2D eigenvalue weighted by Gasteiger charge is -2.22. The van der Waals surface area contributed by atoms with Crippen LogP contribution >= 0.6 is 11.6 Å². The highest BCUT2D eigenvalue weighted by atomic mass is 35.5. The van der Waals surface area contributed by atoms with E-state index in [0.29, 0.717) is 22.6 Å². The molecule has 3 aromatic rings. The highest BCUT2D eigenvalue weighted by molar-refractivity contribution is 6.32. The fourth-order valence-corrected chi connectivity index (χ4v) is 3.29. The van der Waals surface area contributed by atoms with Crippen molar-refractivity contribution in [3.63, 3.8) is 0 Å². The second-order valence-electron chi connectivity index (χ2n) is 6.23. The minimum absolute atomic E-state index is 0.281. The van der Waals surface area contributed by atoms with Gasteiger partial charge in [-0.3, -0.25) is 9.48 Å². The van der Waals surface area contributed by atoms with Crippen molar-refractivity contribution in [3.05, 3.63) is 59.5 Å². The molecule has 26 heavy (non-hydrogen) atoms. The van der Waals surface area contributed by atoms with Crippen LogP contribution in [0.5, 0.6) is 0 Å². The molecule has 0 spiro atoms. The summed E-state index contributed by atoms with van der Waals surface area (Å²) in [6.45, 7) is 1.92. The molecule has 2 N–H and O–H groups in total. The highest BCUT2D eigenvalue weighted by Crippen LogP contribution is 2.20. The van der Waals surface area contributed by atoms with Crippen molar-refractivity contribution in [2.24, 2.45) is 0 Å². The second-order valence-corrected chi connectivity index (χ2v) is 6.64. The summed E-state index contributed by atoms with van der Waals surface area (Å²) in [6, 6.07) is 11.1. The highest BCUT2D eigenvalue weighted by Gasteiger charge is 2.18. The molecular weight excluding hydrogens is 352 g/mol. The predicted molar refractivity (Wildman–Crippen MR) is 99.9 cm³/mol. The largest absolute Gasteiger partial charge is 0.315 e. The number of para-hydroxylation sites is 1. The number of nitrogens with zero attached hydrogens (tertiary/aromatic N) is 4. The minimum Gasteiger partial charge on any atom is -0.315 e. The van der Waals surface area contributed by atoms with E-state index in [1.807, 2.05) is 29.1 Å². The van der Waals surface area contributed by atoms with Crippen LogP contribution in [-0.2, 0) is 0 Å². The first-order chi connectivity index (χ1) is 12.7. The van der Waals surface area contributed by atoms with Gasteiger partial charge in [-0.25, -0.2) is 4.68 Å². The normalized spacial score (nSPS) is 17.2. The van der Waals surface area contributed by atoms with E-state index in [2.05, 4.69) is 20.8 Å². The van der Waals surface area contributed by atoms with Crippen LogP contribution in [-0.4, -0.2) is 38.6 Å². The van der Waals surface area contributed by atoms with Gasteiger partial charge in [0.15, 0.2) is 11.5 Å². The molecule has 1 saturated heterocycles. The van der Waals surface area contributed by atoms with Crippen molar-refractivity contribution in [1.29, 1.82) is 0 Å². The van der Waals surface area contributed by atoms with Gasteiger partial charge >= 0.3 is 0 Å². The quantitative estimate of drug-likeness (QED) is 0.740. The zero-order valence-corrected chi connectivity index (χ0v) is 14.9. The predicted octanol–water partition coefficient (Wildman–Crippen LogP) is 2.90. The second kappa shape index (κ2) is 7.31. The molecule has 0 bridgehead atoms. The Balaban J connectivity index is 1.45. The molecule has 1 amide bonds. The summed E-state index contributed by atoms with van der Waals surface area (Å²) in [5, 5.41) is 15.5. The van der Waals surface area contributed by atoms with Crippen LogP contribution in [0.1, 0.15) is 29.4 Å². The molecule has 0 radical (unpaired) electrons. The Hall–Kier alpha value is -2.64. The van der Waals surface area contributed by atoms with Crippen LogP contribution in [0.3, 0.4) is 0 Å². The van der Waals surface area contributed by atoms with Crippen LogP contribution in [0.2, 0.25) is 5.02 Å². The van der Waals surface area contributed by atoms with Gasteiger partial charge in [-0.15, -0.1) is 5.10 Å².